The van der Waals surface area contributed by atoms with Gasteiger partial charge in [0, 0.05) is 43.8 Å². The number of para-hydroxylation sites is 4. The molecule has 0 radical (unpaired) electrons. The van der Waals surface area contributed by atoms with E-state index in [1.165, 1.54) is 98.6 Å². The Morgan fingerprint density at radius 2 is 0.902 bits per heavy atom. The van der Waals surface area contributed by atoms with Crippen molar-refractivity contribution in [3.05, 3.63) is 170 Å². The Morgan fingerprint density at radius 3 is 1.65 bits per heavy atom. The smallest absolute Gasteiger partial charge is 0.252 e. The molecule has 5 heteroatoms. The van der Waals surface area contributed by atoms with Gasteiger partial charge in [0.25, 0.3) is 6.71 Å². The maximum Gasteiger partial charge on any atom is 0.252 e. The molecule has 0 fully saturated rings. The van der Waals surface area contributed by atoms with Gasteiger partial charge in [0.1, 0.15) is 0 Å². The SMILES string of the molecule is c1ccc2c(c1)Sc1cc3c4c5c1B2c1ccccc1N5c1ccccc1B4c1ccccc1N3c1ccccc1-c1cccc2ccccc12. The number of rotatable bonds is 2. The number of hydrogen-bond acceptors (Lipinski definition) is 3. The third-order valence-corrected chi connectivity index (χ3v) is 12.7. The van der Waals surface area contributed by atoms with Crippen LogP contribution >= 0.6 is 11.8 Å². The summed E-state index contributed by atoms with van der Waals surface area (Å²) in [6.45, 7) is 0.280. The molecule has 0 saturated carbocycles. The summed E-state index contributed by atoms with van der Waals surface area (Å²) in [6.07, 6.45) is 0. The second-order valence-corrected chi connectivity index (χ2v) is 15.1. The molecule has 0 saturated heterocycles. The second-order valence-electron chi connectivity index (χ2n) is 14.0. The van der Waals surface area contributed by atoms with Crippen LogP contribution in [0.4, 0.5) is 34.1 Å². The standard InChI is InChI=1S/C46H28B2N2S/c1-2-16-30-29(14-1)15-13-18-31(30)32-17-3-8-23-37(32)49-38-24-9-4-19-33(38)47-34-20-5-10-25-39(34)50-40-26-11-6-21-35(40)48-36-22-7-12-27-42(36)51-43-28-41(49)44(47)46(50)45(43)48/h1-28H. The first-order valence-electron chi connectivity index (χ1n) is 17.8. The quantitative estimate of drug-likeness (QED) is 0.174. The topological polar surface area (TPSA) is 6.48 Å². The van der Waals surface area contributed by atoms with Gasteiger partial charge in [-0.25, -0.2) is 0 Å². The molecule has 8 aromatic carbocycles. The van der Waals surface area contributed by atoms with Crippen molar-refractivity contribution in [2.45, 2.75) is 9.79 Å². The number of fused-ring (bicyclic) bond motifs is 11. The van der Waals surface area contributed by atoms with Gasteiger partial charge in [-0.2, -0.15) is 0 Å². The summed E-state index contributed by atoms with van der Waals surface area (Å²) in [5, 5.41) is 2.52. The first-order valence-corrected chi connectivity index (χ1v) is 18.6. The second kappa shape index (κ2) is 10.3. The molecule has 12 rings (SSSR count). The maximum atomic E-state index is 2.60. The Bertz CT molecular complexity index is 2780. The van der Waals surface area contributed by atoms with E-state index in [1.807, 2.05) is 11.8 Å². The molecule has 0 atom stereocenters. The minimum absolute atomic E-state index is 0.109. The Hall–Kier alpha value is -5.90. The summed E-state index contributed by atoms with van der Waals surface area (Å²) in [5.74, 6) is 0. The highest BCUT2D eigenvalue weighted by Crippen LogP contribution is 2.49. The summed E-state index contributed by atoms with van der Waals surface area (Å²) in [5.41, 5.74) is 18.4. The zero-order valence-corrected chi connectivity index (χ0v) is 28.4. The van der Waals surface area contributed by atoms with Gasteiger partial charge in [-0.05, 0) is 80.0 Å². The Morgan fingerprint density at radius 1 is 0.373 bits per heavy atom. The lowest BCUT2D eigenvalue weighted by Gasteiger charge is -2.49. The molecule has 0 aliphatic carbocycles. The number of hydrogen-bond donors (Lipinski definition) is 0. The molecule has 8 aromatic rings. The lowest BCUT2D eigenvalue weighted by Crippen LogP contribution is -2.68. The van der Waals surface area contributed by atoms with E-state index in [9.17, 15) is 0 Å². The predicted molar refractivity (Wildman–Crippen MR) is 219 cm³/mol. The molecule has 0 aromatic heterocycles. The summed E-state index contributed by atoms with van der Waals surface area (Å²) < 4.78 is 0. The summed E-state index contributed by atoms with van der Waals surface area (Å²) in [4.78, 5) is 7.87. The van der Waals surface area contributed by atoms with E-state index < -0.39 is 0 Å². The fourth-order valence-electron chi connectivity index (χ4n) is 9.55. The molecule has 0 spiro atoms. The maximum absolute atomic E-state index is 2.60. The van der Waals surface area contributed by atoms with Crippen molar-refractivity contribution in [1.29, 1.82) is 0 Å². The third kappa shape index (κ3) is 3.66. The summed E-state index contributed by atoms with van der Waals surface area (Å²) in [6, 6.07) is 63.4. The van der Waals surface area contributed by atoms with Crippen molar-refractivity contribution in [3.8, 4) is 11.1 Å². The number of nitrogens with zero attached hydrogens (tertiary/aromatic N) is 2. The van der Waals surface area contributed by atoms with Crippen LogP contribution < -0.4 is 42.6 Å². The van der Waals surface area contributed by atoms with Crippen molar-refractivity contribution < 1.29 is 0 Å². The molecule has 4 aliphatic rings. The monoisotopic (exact) mass is 662 g/mol. The van der Waals surface area contributed by atoms with Gasteiger partial charge in [0.2, 0.25) is 6.71 Å². The van der Waals surface area contributed by atoms with Crippen LogP contribution in [0, 0.1) is 0 Å². The zero-order chi connectivity index (χ0) is 33.2. The molecule has 0 unspecified atom stereocenters. The van der Waals surface area contributed by atoms with Crippen LogP contribution in [-0.2, 0) is 0 Å². The molecule has 4 aliphatic heterocycles. The van der Waals surface area contributed by atoms with Gasteiger partial charge in [-0.15, -0.1) is 0 Å². The highest BCUT2D eigenvalue weighted by Gasteiger charge is 2.50. The van der Waals surface area contributed by atoms with E-state index in [4.69, 9.17) is 0 Å². The minimum atomic E-state index is 0.109. The number of benzene rings is 8. The molecular weight excluding hydrogens is 634 g/mol. The van der Waals surface area contributed by atoms with Crippen molar-refractivity contribution in [2.24, 2.45) is 0 Å². The van der Waals surface area contributed by atoms with E-state index in [1.54, 1.807) is 0 Å². The molecule has 0 N–H and O–H groups in total. The van der Waals surface area contributed by atoms with Gasteiger partial charge in [0.05, 0.1) is 5.69 Å². The summed E-state index contributed by atoms with van der Waals surface area (Å²) >= 11 is 1.93. The van der Waals surface area contributed by atoms with Gasteiger partial charge in [-0.1, -0.05) is 151 Å². The molecule has 234 valence electrons. The lowest BCUT2D eigenvalue weighted by molar-refractivity contribution is 1.23. The van der Waals surface area contributed by atoms with Crippen LogP contribution in [0.5, 0.6) is 0 Å². The van der Waals surface area contributed by atoms with E-state index in [2.05, 4.69) is 180 Å². The highest BCUT2D eigenvalue weighted by molar-refractivity contribution is 8.00. The average molecular weight is 662 g/mol. The summed E-state index contributed by atoms with van der Waals surface area (Å²) in [7, 11) is 0. The Balaban J connectivity index is 1.22. The zero-order valence-electron chi connectivity index (χ0n) is 27.6. The van der Waals surface area contributed by atoms with E-state index in [0.717, 1.165) is 0 Å². The van der Waals surface area contributed by atoms with Crippen LogP contribution in [0.1, 0.15) is 0 Å². The molecule has 0 bridgehead atoms. The van der Waals surface area contributed by atoms with Gasteiger partial charge >= 0.3 is 0 Å². The lowest BCUT2D eigenvalue weighted by atomic mass is 9.29. The van der Waals surface area contributed by atoms with Crippen LogP contribution in [0.2, 0.25) is 0 Å². The van der Waals surface area contributed by atoms with Crippen molar-refractivity contribution >= 4 is 103 Å². The minimum Gasteiger partial charge on any atom is -0.312 e. The van der Waals surface area contributed by atoms with Gasteiger partial charge in [-0.3, -0.25) is 0 Å². The van der Waals surface area contributed by atoms with Crippen molar-refractivity contribution in [3.63, 3.8) is 0 Å². The average Bonchev–Trinajstić information content (AvgIpc) is 3.20. The van der Waals surface area contributed by atoms with E-state index in [-0.39, 0.29) is 13.4 Å². The first-order chi connectivity index (χ1) is 25.3. The fraction of sp³-hybridized carbons (Fsp3) is 0. The van der Waals surface area contributed by atoms with Gasteiger partial charge < -0.3 is 9.80 Å². The predicted octanol–water partition coefficient (Wildman–Crippen LogP) is 7.88. The van der Waals surface area contributed by atoms with Crippen LogP contribution in [0.15, 0.2) is 180 Å². The van der Waals surface area contributed by atoms with Crippen molar-refractivity contribution in [2.75, 3.05) is 9.80 Å². The molecule has 4 heterocycles. The fourth-order valence-corrected chi connectivity index (χ4v) is 10.7. The van der Waals surface area contributed by atoms with E-state index >= 15 is 0 Å². The third-order valence-electron chi connectivity index (χ3n) is 11.5. The van der Waals surface area contributed by atoms with Gasteiger partial charge in [0.15, 0.2) is 0 Å². The largest absolute Gasteiger partial charge is 0.312 e. The van der Waals surface area contributed by atoms with Crippen LogP contribution in [-0.4, -0.2) is 13.4 Å². The Kier molecular flexibility index (Phi) is 5.64. The highest BCUT2D eigenvalue weighted by atomic mass is 32.2. The van der Waals surface area contributed by atoms with Crippen LogP contribution in [0.25, 0.3) is 21.9 Å². The van der Waals surface area contributed by atoms with Crippen molar-refractivity contribution in [1.82, 2.24) is 0 Å². The normalized spacial score (nSPS) is 14.0. The molecule has 51 heavy (non-hydrogen) atoms. The molecule has 0 amide bonds. The molecular formula is C46H28B2N2S. The first kappa shape index (κ1) is 27.9. The Labute approximate surface area is 302 Å². The molecule has 2 nitrogen and oxygen atoms in total. The van der Waals surface area contributed by atoms with E-state index in [0.29, 0.717) is 0 Å². The van der Waals surface area contributed by atoms with Crippen LogP contribution in [0.3, 0.4) is 0 Å². The number of anilines is 6.